The van der Waals surface area contributed by atoms with Crippen molar-refractivity contribution in [2.24, 2.45) is 14.1 Å². The molecule has 2 heterocycles. The number of imidazole rings is 1. The van der Waals surface area contributed by atoms with E-state index in [4.69, 9.17) is 0 Å². The molecule has 0 bridgehead atoms. The van der Waals surface area contributed by atoms with Crippen LogP contribution in [-0.2, 0) is 14.1 Å². The minimum Gasteiger partial charge on any atom is -0.316 e. The van der Waals surface area contributed by atoms with Crippen molar-refractivity contribution in [2.75, 3.05) is 0 Å². The summed E-state index contributed by atoms with van der Waals surface area (Å²) < 4.78 is 2.97. The molecule has 0 unspecified atom stereocenters. The number of benzene rings is 1. The highest BCUT2D eigenvalue weighted by Crippen LogP contribution is 2.16. The van der Waals surface area contributed by atoms with E-state index < -0.39 is 11.1 Å². The van der Waals surface area contributed by atoms with Crippen LogP contribution < -0.4 is 16.8 Å². The van der Waals surface area contributed by atoms with Gasteiger partial charge in [-0.25, -0.2) is 4.79 Å². The summed E-state index contributed by atoms with van der Waals surface area (Å²) in [7, 11) is 3.31. The van der Waals surface area contributed by atoms with Gasteiger partial charge in [-0.15, -0.1) is 0 Å². The van der Waals surface area contributed by atoms with Gasteiger partial charge < -0.3 is 9.97 Å². The van der Waals surface area contributed by atoms with Crippen molar-refractivity contribution in [1.29, 1.82) is 0 Å². The van der Waals surface area contributed by atoms with Crippen molar-refractivity contribution in [3.05, 3.63) is 43.3 Å². The van der Waals surface area contributed by atoms with E-state index in [1.807, 2.05) is 0 Å². The first-order valence-corrected chi connectivity index (χ1v) is 5.31. The van der Waals surface area contributed by atoms with Crippen LogP contribution in [0, 0.1) is 0 Å². The Morgan fingerprint density at radius 1 is 0.833 bits per heavy atom. The first-order valence-electron chi connectivity index (χ1n) is 5.31. The molecule has 2 N–H and O–H groups in total. The number of aromatic amines is 2. The predicted octanol–water partition coefficient (Wildman–Crippen LogP) is -0.593. The number of aryl methyl sites for hydroxylation is 2. The first kappa shape index (κ1) is 10.6. The molecule has 92 valence electrons. The maximum Gasteiger partial charge on any atom is 0.328 e. The van der Waals surface area contributed by atoms with Crippen LogP contribution in [0.2, 0.25) is 0 Å². The molecule has 0 aliphatic rings. The summed E-state index contributed by atoms with van der Waals surface area (Å²) in [6.07, 6.45) is 0. The van der Waals surface area contributed by atoms with E-state index in [0.29, 0.717) is 22.1 Å². The minimum absolute atomic E-state index is 0.162. The van der Waals surface area contributed by atoms with Crippen LogP contribution in [0.15, 0.2) is 26.5 Å². The zero-order valence-corrected chi connectivity index (χ0v) is 9.77. The second-order valence-corrected chi connectivity index (χ2v) is 4.20. The summed E-state index contributed by atoms with van der Waals surface area (Å²) in [5.41, 5.74) is 0.799. The maximum absolute atomic E-state index is 11.8. The van der Waals surface area contributed by atoms with Crippen molar-refractivity contribution in [3.63, 3.8) is 0 Å². The van der Waals surface area contributed by atoms with Crippen LogP contribution in [0.1, 0.15) is 0 Å². The molecule has 0 aliphatic carbocycles. The van der Waals surface area contributed by atoms with E-state index in [0.717, 1.165) is 0 Å². The number of aromatic nitrogens is 4. The van der Waals surface area contributed by atoms with Crippen LogP contribution in [0.25, 0.3) is 22.1 Å². The molecule has 0 aliphatic heterocycles. The Balaban J connectivity index is 2.64. The van der Waals surface area contributed by atoms with Gasteiger partial charge in [-0.1, -0.05) is 0 Å². The fourth-order valence-electron chi connectivity index (χ4n) is 2.11. The van der Waals surface area contributed by atoms with E-state index in [2.05, 4.69) is 9.97 Å². The van der Waals surface area contributed by atoms with E-state index in [1.54, 1.807) is 26.2 Å². The molecular weight excluding hydrogens is 236 g/mol. The van der Waals surface area contributed by atoms with Crippen LogP contribution in [0.4, 0.5) is 0 Å². The number of H-pyrrole nitrogens is 2. The zero-order chi connectivity index (χ0) is 13.0. The van der Waals surface area contributed by atoms with Gasteiger partial charge in [-0.2, -0.15) is 0 Å². The fraction of sp³-hybridized carbons (Fsp3) is 0.182. The molecule has 0 amide bonds. The Morgan fingerprint density at radius 3 is 1.61 bits per heavy atom. The molecule has 1 aromatic carbocycles. The molecule has 0 saturated carbocycles. The SMILES string of the molecule is Cn1c(=O)n(C)c2cc3[nH]c(=O)c(=O)[nH]c3cc21. The summed E-state index contributed by atoms with van der Waals surface area (Å²) in [6, 6.07) is 3.34. The average molecular weight is 246 g/mol. The van der Waals surface area contributed by atoms with Gasteiger partial charge in [-0.3, -0.25) is 18.7 Å². The molecule has 18 heavy (non-hydrogen) atoms. The molecule has 2 aromatic heterocycles. The molecule has 0 spiro atoms. The summed E-state index contributed by atoms with van der Waals surface area (Å²) in [4.78, 5) is 39.3. The summed E-state index contributed by atoms with van der Waals surface area (Å²) in [5.74, 6) is 0. The van der Waals surface area contributed by atoms with Gasteiger partial charge in [0.15, 0.2) is 0 Å². The lowest BCUT2D eigenvalue weighted by Gasteiger charge is -1.99. The van der Waals surface area contributed by atoms with Gasteiger partial charge >= 0.3 is 16.8 Å². The molecule has 0 atom stereocenters. The molecule has 7 heteroatoms. The first-order chi connectivity index (χ1) is 8.49. The lowest BCUT2D eigenvalue weighted by atomic mass is 10.2. The molecule has 0 radical (unpaired) electrons. The van der Waals surface area contributed by atoms with E-state index in [9.17, 15) is 14.4 Å². The Kier molecular flexibility index (Phi) is 1.89. The number of nitrogens with zero attached hydrogens (tertiary/aromatic N) is 2. The highest BCUT2D eigenvalue weighted by Gasteiger charge is 2.10. The van der Waals surface area contributed by atoms with Crippen LogP contribution in [0.5, 0.6) is 0 Å². The predicted molar refractivity (Wildman–Crippen MR) is 66.9 cm³/mol. The van der Waals surface area contributed by atoms with Crippen LogP contribution in [0.3, 0.4) is 0 Å². The molecule has 0 fully saturated rings. The lowest BCUT2D eigenvalue weighted by molar-refractivity contribution is 0.795. The minimum atomic E-state index is -0.706. The number of hydrogen-bond acceptors (Lipinski definition) is 3. The number of rotatable bonds is 0. The van der Waals surface area contributed by atoms with Crippen molar-refractivity contribution >= 4 is 22.1 Å². The third kappa shape index (κ3) is 1.21. The molecule has 3 aromatic rings. The standard InChI is InChI=1S/C11H10N4O3/c1-14-7-3-5-6(13-10(17)9(16)12-5)4-8(7)15(2)11(14)18/h3-4H,1-2H3,(H,12,16)(H,13,17). The van der Waals surface area contributed by atoms with Crippen molar-refractivity contribution in [2.45, 2.75) is 0 Å². The normalized spacial score (nSPS) is 11.4. The van der Waals surface area contributed by atoms with E-state index in [1.165, 1.54) is 9.13 Å². The quantitative estimate of drug-likeness (QED) is 0.519. The average Bonchev–Trinajstić information content (AvgIpc) is 2.54. The maximum atomic E-state index is 11.8. The monoisotopic (exact) mass is 246 g/mol. The van der Waals surface area contributed by atoms with Gasteiger partial charge in [0.2, 0.25) is 0 Å². The Labute approximate surface area is 99.3 Å². The summed E-state index contributed by atoms with van der Waals surface area (Å²) in [6.45, 7) is 0. The number of fused-ring (bicyclic) bond motifs is 2. The smallest absolute Gasteiger partial charge is 0.316 e. The Bertz CT molecular complexity index is 879. The third-order valence-electron chi connectivity index (χ3n) is 3.11. The van der Waals surface area contributed by atoms with Gasteiger partial charge in [0, 0.05) is 14.1 Å². The highest BCUT2D eigenvalue weighted by atomic mass is 16.2. The van der Waals surface area contributed by atoms with Crippen LogP contribution >= 0.6 is 0 Å². The molecular formula is C11H10N4O3. The van der Waals surface area contributed by atoms with E-state index in [-0.39, 0.29) is 5.69 Å². The van der Waals surface area contributed by atoms with Gasteiger partial charge in [-0.05, 0) is 12.1 Å². The van der Waals surface area contributed by atoms with Crippen molar-refractivity contribution < 1.29 is 0 Å². The zero-order valence-electron chi connectivity index (χ0n) is 9.77. The van der Waals surface area contributed by atoms with Gasteiger partial charge in [0.1, 0.15) is 0 Å². The molecule has 7 nitrogen and oxygen atoms in total. The van der Waals surface area contributed by atoms with Crippen LogP contribution in [-0.4, -0.2) is 19.1 Å². The second-order valence-electron chi connectivity index (χ2n) is 4.20. The topological polar surface area (TPSA) is 92.7 Å². The number of nitrogens with one attached hydrogen (secondary N) is 2. The molecule has 0 saturated heterocycles. The number of hydrogen-bond donors (Lipinski definition) is 2. The van der Waals surface area contributed by atoms with E-state index >= 15 is 0 Å². The highest BCUT2D eigenvalue weighted by molar-refractivity contribution is 5.91. The molecule has 3 rings (SSSR count). The fourth-order valence-corrected chi connectivity index (χ4v) is 2.11. The van der Waals surface area contributed by atoms with Crippen molar-refractivity contribution in [1.82, 2.24) is 19.1 Å². The lowest BCUT2D eigenvalue weighted by Crippen LogP contribution is -2.28. The van der Waals surface area contributed by atoms with Gasteiger partial charge in [0.05, 0.1) is 22.1 Å². The summed E-state index contributed by atoms with van der Waals surface area (Å²) in [5, 5.41) is 0. The Morgan fingerprint density at radius 2 is 1.22 bits per heavy atom. The Hall–Kier alpha value is -2.57. The van der Waals surface area contributed by atoms with Crippen molar-refractivity contribution in [3.8, 4) is 0 Å². The summed E-state index contributed by atoms with van der Waals surface area (Å²) >= 11 is 0. The third-order valence-corrected chi connectivity index (χ3v) is 3.11. The van der Waals surface area contributed by atoms with Gasteiger partial charge in [0.25, 0.3) is 0 Å². The second kappa shape index (κ2) is 3.22. The largest absolute Gasteiger partial charge is 0.328 e.